The van der Waals surface area contributed by atoms with Crippen molar-refractivity contribution in [1.82, 2.24) is 0 Å². The molecule has 0 aliphatic carbocycles. The van der Waals surface area contributed by atoms with Crippen molar-refractivity contribution < 1.29 is 9.47 Å². The third-order valence-corrected chi connectivity index (χ3v) is 2.30. The van der Waals surface area contributed by atoms with Crippen molar-refractivity contribution >= 4 is 0 Å². The Morgan fingerprint density at radius 1 is 1.19 bits per heavy atom. The molecule has 0 aliphatic heterocycles. The van der Waals surface area contributed by atoms with Crippen molar-refractivity contribution in [1.29, 1.82) is 0 Å². The van der Waals surface area contributed by atoms with Gasteiger partial charge in [0.2, 0.25) is 0 Å². The average Bonchev–Trinajstić information content (AvgIpc) is 2.20. The van der Waals surface area contributed by atoms with Crippen LogP contribution < -0.4 is 0 Å². The normalized spacial score (nSPS) is 13.4. The minimum atomic E-state index is -0.0265. The van der Waals surface area contributed by atoms with Crippen LogP contribution in [-0.4, -0.2) is 25.9 Å². The van der Waals surface area contributed by atoms with E-state index in [1.807, 2.05) is 0 Å². The van der Waals surface area contributed by atoms with Crippen LogP contribution >= 0.6 is 0 Å². The molecule has 0 spiro atoms. The van der Waals surface area contributed by atoms with Gasteiger partial charge in [-0.2, -0.15) is 0 Å². The smallest absolute Gasteiger partial charge is 0.0600 e. The summed E-state index contributed by atoms with van der Waals surface area (Å²) in [4.78, 5) is 0. The van der Waals surface area contributed by atoms with E-state index in [0.717, 1.165) is 32.3 Å². The summed E-state index contributed by atoms with van der Waals surface area (Å²) in [5.74, 6) is 2.67. The van der Waals surface area contributed by atoms with Crippen LogP contribution in [0, 0.1) is 18.3 Å². The Bertz CT molecular complexity index is 198. The molecular weight excluding hydrogens is 200 g/mol. The average molecular weight is 225 g/mol. The zero-order valence-corrected chi connectivity index (χ0v) is 11.1. The SMILES string of the molecule is [C]#C[C@H](CCCCCOC(C)(C)C)COC. The van der Waals surface area contributed by atoms with Gasteiger partial charge in [-0.15, -0.1) is 0 Å². The molecule has 0 saturated heterocycles. The lowest BCUT2D eigenvalue weighted by atomic mass is 10.0. The van der Waals surface area contributed by atoms with Crippen LogP contribution in [0.2, 0.25) is 0 Å². The Morgan fingerprint density at radius 2 is 1.88 bits per heavy atom. The van der Waals surface area contributed by atoms with E-state index in [0.29, 0.717) is 6.61 Å². The maximum absolute atomic E-state index is 7.11. The number of unbranched alkanes of at least 4 members (excludes halogenated alkanes) is 2. The van der Waals surface area contributed by atoms with Crippen molar-refractivity contribution in [3.63, 3.8) is 0 Å². The van der Waals surface area contributed by atoms with E-state index in [4.69, 9.17) is 15.9 Å². The highest BCUT2D eigenvalue weighted by atomic mass is 16.5. The van der Waals surface area contributed by atoms with Crippen LogP contribution in [0.15, 0.2) is 0 Å². The first-order valence-electron chi connectivity index (χ1n) is 6.04. The molecule has 0 saturated carbocycles. The second kappa shape index (κ2) is 8.61. The molecule has 0 aliphatic rings. The number of ether oxygens (including phenoxy) is 2. The van der Waals surface area contributed by atoms with Gasteiger partial charge < -0.3 is 9.47 Å². The molecule has 0 rings (SSSR count). The number of methoxy groups -OCH3 is 1. The van der Waals surface area contributed by atoms with Gasteiger partial charge in [0.1, 0.15) is 0 Å². The zero-order chi connectivity index (χ0) is 12.4. The topological polar surface area (TPSA) is 18.5 Å². The lowest BCUT2D eigenvalue weighted by Gasteiger charge is -2.19. The summed E-state index contributed by atoms with van der Waals surface area (Å²) in [5.41, 5.74) is -0.0265. The zero-order valence-electron chi connectivity index (χ0n) is 11.1. The number of rotatable bonds is 8. The largest absolute Gasteiger partial charge is 0.383 e. The van der Waals surface area contributed by atoms with Gasteiger partial charge >= 0.3 is 0 Å². The van der Waals surface area contributed by atoms with E-state index < -0.39 is 0 Å². The summed E-state index contributed by atoms with van der Waals surface area (Å²) in [6.07, 6.45) is 11.5. The van der Waals surface area contributed by atoms with Gasteiger partial charge in [-0.25, -0.2) is 0 Å². The quantitative estimate of drug-likeness (QED) is 0.466. The van der Waals surface area contributed by atoms with Crippen LogP contribution in [0.4, 0.5) is 0 Å². The highest BCUT2D eigenvalue weighted by Crippen LogP contribution is 2.12. The van der Waals surface area contributed by atoms with Crippen molar-refractivity contribution in [3.8, 4) is 5.92 Å². The predicted molar refractivity (Wildman–Crippen MR) is 66.7 cm³/mol. The molecule has 93 valence electrons. The van der Waals surface area contributed by atoms with E-state index in [2.05, 4.69) is 26.7 Å². The second-order valence-corrected chi connectivity index (χ2v) is 5.11. The van der Waals surface area contributed by atoms with Crippen LogP contribution in [0.3, 0.4) is 0 Å². The molecule has 0 amide bonds. The Balaban J connectivity index is 3.36. The maximum Gasteiger partial charge on any atom is 0.0600 e. The summed E-state index contributed by atoms with van der Waals surface area (Å²) in [6.45, 7) is 7.66. The molecule has 0 aromatic carbocycles. The van der Waals surface area contributed by atoms with Gasteiger partial charge in [-0.1, -0.05) is 18.8 Å². The minimum absolute atomic E-state index is 0.0265. The molecule has 0 N–H and O–H groups in total. The molecule has 16 heavy (non-hydrogen) atoms. The standard InChI is InChI=1S/C14H25O2/c1-6-13(12-15-5)10-8-7-9-11-16-14(2,3)4/h13H,7-12H2,2-5H3/t13-/m1/s1. The van der Waals surface area contributed by atoms with Crippen LogP contribution in [0.5, 0.6) is 0 Å². The highest BCUT2D eigenvalue weighted by molar-refractivity contribution is 4.86. The Hall–Kier alpha value is -0.520. The van der Waals surface area contributed by atoms with Gasteiger partial charge in [-0.3, -0.25) is 0 Å². The van der Waals surface area contributed by atoms with Crippen molar-refractivity contribution in [3.05, 3.63) is 6.42 Å². The summed E-state index contributed by atoms with van der Waals surface area (Å²) in [6, 6.07) is 0. The summed E-state index contributed by atoms with van der Waals surface area (Å²) in [5, 5.41) is 0. The van der Waals surface area contributed by atoms with Crippen molar-refractivity contribution in [2.75, 3.05) is 20.3 Å². The molecule has 0 unspecified atom stereocenters. The fourth-order valence-electron chi connectivity index (χ4n) is 1.45. The Morgan fingerprint density at radius 3 is 2.38 bits per heavy atom. The second-order valence-electron chi connectivity index (χ2n) is 5.11. The Kier molecular flexibility index (Phi) is 8.33. The highest BCUT2D eigenvalue weighted by Gasteiger charge is 2.09. The van der Waals surface area contributed by atoms with Crippen LogP contribution in [0.25, 0.3) is 0 Å². The van der Waals surface area contributed by atoms with E-state index in [1.165, 1.54) is 0 Å². The predicted octanol–water partition coefficient (Wildman–Crippen LogP) is 3.21. The number of hydrogen-bond donors (Lipinski definition) is 0. The van der Waals surface area contributed by atoms with Gasteiger partial charge in [-0.05, 0) is 40.0 Å². The summed E-state index contributed by atoms with van der Waals surface area (Å²) < 4.78 is 10.6. The van der Waals surface area contributed by atoms with Gasteiger partial charge in [0.15, 0.2) is 0 Å². The third-order valence-electron chi connectivity index (χ3n) is 2.30. The number of hydrogen-bond acceptors (Lipinski definition) is 2. The third kappa shape index (κ3) is 10.0. The first-order valence-corrected chi connectivity index (χ1v) is 6.04. The minimum Gasteiger partial charge on any atom is -0.383 e. The molecule has 0 fully saturated rings. The fraction of sp³-hybridized carbons (Fsp3) is 0.857. The molecule has 0 aromatic rings. The molecule has 0 bridgehead atoms. The van der Waals surface area contributed by atoms with E-state index in [1.54, 1.807) is 7.11 Å². The van der Waals surface area contributed by atoms with Crippen molar-refractivity contribution in [2.45, 2.75) is 52.1 Å². The molecule has 1 radical (unpaired) electrons. The first kappa shape index (κ1) is 15.5. The maximum atomic E-state index is 7.11. The van der Waals surface area contributed by atoms with E-state index in [9.17, 15) is 0 Å². The molecule has 2 heteroatoms. The molecular formula is C14H25O2. The van der Waals surface area contributed by atoms with Gasteiger partial charge in [0, 0.05) is 19.6 Å². The fourth-order valence-corrected chi connectivity index (χ4v) is 1.45. The van der Waals surface area contributed by atoms with Crippen LogP contribution in [-0.2, 0) is 9.47 Å². The lowest BCUT2D eigenvalue weighted by molar-refractivity contribution is -0.00483. The van der Waals surface area contributed by atoms with E-state index in [-0.39, 0.29) is 11.5 Å². The summed E-state index contributed by atoms with van der Waals surface area (Å²) in [7, 11) is 1.67. The molecule has 0 aromatic heterocycles. The van der Waals surface area contributed by atoms with Gasteiger partial charge in [0.05, 0.1) is 12.2 Å². The van der Waals surface area contributed by atoms with E-state index >= 15 is 0 Å². The van der Waals surface area contributed by atoms with Crippen LogP contribution in [0.1, 0.15) is 46.5 Å². The lowest BCUT2D eigenvalue weighted by Crippen LogP contribution is -2.19. The molecule has 0 heterocycles. The molecule has 2 nitrogen and oxygen atoms in total. The monoisotopic (exact) mass is 225 g/mol. The van der Waals surface area contributed by atoms with Crippen molar-refractivity contribution in [2.24, 2.45) is 5.92 Å². The molecule has 1 atom stereocenters. The van der Waals surface area contributed by atoms with Gasteiger partial charge in [0.25, 0.3) is 0 Å². The Labute approximate surface area is 101 Å². The summed E-state index contributed by atoms with van der Waals surface area (Å²) >= 11 is 0. The first-order chi connectivity index (χ1) is 7.49.